The predicted octanol–water partition coefficient (Wildman–Crippen LogP) is 3.63. The van der Waals surface area contributed by atoms with E-state index in [1.165, 1.54) is 24.1 Å². The quantitative estimate of drug-likeness (QED) is 0.765. The minimum absolute atomic E-state index is 0.737. The van der Waals surface area contributed by atoms with Crippen LogP contribution in [0.25, 0.3) is 0 Å². The topological polar surface area (TPSA) is 12.0 Å². The van der Waals surface area contributed by atoms with Crippen LogP contribution in [0.1, 0.15) is 38.2 Å². The zero-order valence-corrected chi connectivity index (χ0v) is 9.09. The highest BCUT2D eigenvalue weighted by Gasteiger charge is 2.26. The molecule has 0 amide bonds. The van der Waals surface area contributed by atoms with E-state index in [0.29, 0.717) is 0 Å². The van der Waals surface area contributed by atoms with Crippen LogP contribution in [0.2, 0.25) is 0 Å². The molecule has 0 aromatic heterocycles. The summed E-state index contributed by atoms with van der Waals surface area (Å²) in [6, 6.07) is 8.73. The molecule has 1 heteroatoms. The van der Waals surface area contributed by atoms with E-state index in [1.54, 1.807) is 0 Å². The summed E-state index contributed by atoms with van der Waals surface area (Å²) in [4.78, 5) is 0. The Morgan fingerprint density at radius 3 is 2.71 bits per heavy atom. The van der Waals surface area contributed by atoms with Crippen molar-refractivity contribution in [2.75, 3.05) is 11.9 Å². The van der Waals surface area contributed by atoms with E-state index in [9.17, 15) is 0 Å². The van der Waals surface area contributed by atoms with E-state index in [2.05, 4.69) is 43.4 Å². The smallest absolute Gasteiger partial charge is 0.0376 e. The summed E-state index contributed by atoms with van der Waals surface area (Å²) < 4.78 is 0. The van der Waals surface area contributed by atoms with E-state index >= 15 is 0 Å². The lowest BCUT2D eigenvalue weighted by Gasteiger charge is -2.20. The fourth-order valence-electron chi connectivity index (χ4n) is 2.59. The van der Waals surface area contributed by atoms with Crippen molar-refractivity contribution in [1.82, 2.24) is 0 Å². The van der Waals surface area contributed by atoms with Crippen molar-refractivity contribution >= 4 is 5.69 Å². The van der Waals surface area contributed by atoms with Gasteiger partial charge in [0.1, 0.15) is 0 Å². The summed E-state index contributed by atoms with van der Waals surface area (Å²) in [5, 5.41) is 3.50. The summed E-state index contributed by atoms with van der Waals surface area (Å²) in [5.74, 6) is 1.58. The minimum atomic E-state index is 0.737. The first kappa shape index (κ1) is 9.57. The fourth-order valence-corrected chi connectivity index (χ4v) is 2.59. The van der Waals surface area contributed by atoms with Crippen LogP contribution in [0.5, 0.6) is 0 Å². The van der Waals surface area contributed by atoms with Gasteiger partial charge in [0.25, 0.3) is 0 Å². The number of fused-ring (bicyclic) bond motifs is 1. The van der Waals surface area contributed by atoms with Crippen LogP contribution < -0.4 is 5.32 Å². The summed E-state index contributed by atoms with van der Waals surface area (Å²) in [5.41, 5.74) is 2.88. The molecule has 1 N–H and O–H groups in total. The van der Waals surface area contributed by atoms with Gasteiger partial charge in [-0.05, 0) is 17.5 Å². The minimum Gasteiger partial charge on any atom is -0.384 e. The van der Waals surface area contributed by atoms with Crippen molar-refractivity contribution < 1.29 is 0 Å². The van der Waals surface area contributed by atoms with Crippen molar-refractivity contribution in [2.24, 2.45) is 5.92 Å². The molecule has 76 valence electrons. The fraction of sp³-hybridized carbons (Fsp3) is 0.538. The van der Waals surface area contributed by atoms with Gasteiger partial charge in [0.15, 0.2) is 0 Å². The Bertz CT molecular complexity index is 302. The molecule has 0 fully saturated rings. The molecule has 1 nitrogen and oxygen atoms in total. The number of para-hydroxylation sites is 1. The Labute approximate surface area is 86.5 Å². The van der Waals surface area contributed by atoms with Crippen molar-refractivity contribution in [3.8, 4) is 0 Å². The van der Waals surface area contributed by atoms with Gasteiger partial charge in [-0.15, -0.1) is 0 Å². The molecule has 1 unspecified atom stereocenters. The first-order valence-electron chi connectivity index (χ1n) is 5.69. The Balaban J connectivity index is 2.25. The van der Waals surface area contributed by atoms with Gasteiger partial charge in [-0.25, -0.2) is 0 Å². The lowest BCUT2D eigenvalue weighted by atomic mass is 9.84. The summed E-state index contributed by atoms with van der Waals surface area (Å²) >= 11 is 0. The van der Waals surface area contributed by atoms with Gasteiger partial charge in [-0.1, -0.05) is 44.9 Å². The molecule has 0 saturated heterocycles. The van der Waals surface area contributed by atoms with Crippen LogP contribution in [-0.4, -0.2) is 6.54 Å². The molecule has 1 heterocycles. The van der Waals surface area contributed by atoms with Crippen molar-refractivity contribution in [2.45, 2.75) is 32.6 Å². The van der Waals surface area contributed by atoms with Gasteiger partial charge in [0.05, 0.1) is 0 Å². The lowest BCUT2D eigenvalue weighted by Crippen LogP contribution is -2.13. The summed E-state index contributed by atoms with van der Waals surface area (Å²) in [7, 11) is 0. The molecule has 2 rings (SSSR count). The van der Waals surface area contributed by atoms with E-state index in [4.69, 9.17) is 0 Å². The molecule has 1 atom stereocenters. The summed E-state index contributed by atoms with van der Waals surface area (Å²) in [6.07, 6.45) is 2.58. The molecule has 14 heavy (non-hydrogen) atoms. The Morgan fingerprint density at radius 1 is 1.29 bits per heavy atom. The Hall–Kier alpha value is -0.980. The third-order valence-corrected chi connectivity index (χ3v) is 3.49. The molecular formula is C13H19N. The van der Waals surface area contributed by atoms with Crippen LogP contribution in [0.3, 0.4) is 0 Å². The third kappa shape index (κ3) is 1.52. The molecule has 0 bridgehead atoms. The van der Waals surface area contributed by atoms with Crippen LogP contribution >= 0.6 is 0 Å². The maximum atomic E-state index is 3.50. The zero-order valence-electron chi connectivity index (χ0n) is 9.09. The van der Waals surface area contributed by atoms with Gasteiger partial charge in [-0.2, -0.15) is 0 Å². The van der Waals surface area contributed by atoms with E-state index in [0.717, 1.165) is 18.4 Å². The van der Waals surface area contributed by atoms with Crippen molar-refractivity contribution in [3.63, 3.8) is 0 Å². The molecule has 0 aliphatic carbocycles. The second kappa shape index (κ2) is 4.04. The average molecular weight is 189 g/mol. The lowest BCUT2D eigenvalue weighted by molar-refractivity contribution is 0.418. The van der Waals surface area contributed by atoms with Gasteiger partial charge >= 0.3 is 0 Å². The van der Waals surface area contributed by atoms with Crippen LogP contribution in [0, 0.1) is 5.92 Å². The number of anilines is 1. The molecule has 1 aromatic rings. The van der Waals surface area contributed by atoms with Crippen LogP contribution in [0.4, 0.5) is 5.69 Å². The number of nitrogens with one attached hydrogen (secondary N) is 1. The molecule has 0 radical (unpaired) electrons. The number of rotatable bonds is 3. The predicted molar refractivity (Wildman–Crippen MR) is 61.7 cm³/mol. The van der Waals surface area contributed by atoms with Gasteiger partial charge in [0.2, 0.25) is 0 Å². The highest BCUT2D eigenvalue weighted by molar-refractivity contribution is 5.57. The molecule has 1 aliphatic rings. The number of benzene rings is 1. The Kier molecular flexibility index (Phi) is 2.76. The van der Waals surface area contributed by atoms with Gasteiger partial charge < -0.3 is 5.32 Å². The zero-order chi connectivity index (χ0) is 9.97. The molecular weight excluding hydrogens is 170 g/mol. The maximum absolute atomic E-state index is 3.50. The normalized spacial score (nSPS) is 19.5. The van der Waals surface area contributed by atoms with Crippen molar-refractivity contribution in [3.05, 3.63) is 29.8 Å². The van der Waals surface area contributed by atoms with E-state index in [1.807, 2.05) is 0 Å². The first-order valence-corrected chi connectivity index (χ1v) is 5.69. The molecule has 1 aliphatic heterocycles. The monoisotopic (exact) mass is 189 g/mol. The molecule has 0 spiro atoms. The molecule has 1 aromatic carbocycles. The third-order valence-electron chi connectivity index (χ3n) is 3.49. The number of hydrogen-bond donors (Lipinski definition) is 1. The standard InChI is InChI=1S/C13H19N/c1-3-10(4-2)12-9-14-13-8-6-5-7-11(12)13/h5-8,10,12,14H,3-4,9H2,1-2H3. The van der Waals surface area contributed by atoms with Crippen LogP contribution in [-0.2, 0) is 0 Å². The first-order chi connectivity index (χ1) is 6.86. The summed E-state index contributed by atoms with van der Waals surface area (Å²) in [6.45, 7) is 5.73. The SMILES string of the molecule is CCC(CC)C1CNc2ccccc21. The molecule has 0 saturated carbocycles. The van der Waals surface area contributed by atoms with Crippen molar-refractivity contribution in [1.29, 1.82) is 0 Å². The Morgan fingerprint density at radius 2 is 2.00 bits per heavy atom. The highest BCUT2D eigenvalue weighted by atomic mass is 14.9. The second-order valence-electron chi connectivity index (χ2n) is 4.15. The average Bonchev–Trinajstić information content (AvgIpc) is 2.65. The van der Waals surface area contributed by atoms with E-state index < -0.39 is 0 Å². The highest BCUT2D eigenvalue weighted by Crippen LogP contribution is 2.38. The van der Waals surface area contributed by atoms with Gasteiger partial charge in [-0.3, -0.25) is 0 Å². The van der Waals surface area contributed by atoms with Crippen LogP contribution in [0.15, 0.2) is 24.3 Å². The number of hydrogen-bond acceptors (Lipinski definition) is 1. The van der Waals surface area contributed by atoms with Gasteiger partial charge in [0, 0.05) is 18.2 Å². The van der Waals surface area contributed by atoms with E-state index in [-0.39, 0.29) is 0 Å². The maximum Gasteiger partial charge on any atom is 0.0376 e. The largest absolute Gasteiger partial charge is 0.384 e. The second-order valence-corrected chi connectivity index (χ2v) is 4.15.